The summed E-state index contributed by atoms with van der Waals surface area (Å²) in [5.74, 6) is -2.51. The van der Waals surface area contributed by atoms with Crippen LogP contribution < -0.4 is 10.2 Å². The van der Waals surface area contributed by atoms with E-state index in [1.54, 1.807) is 24.3 Å². The predicted octanol–water partition coefficient (Wildman–Crippen LogP) is 5.99. The molecule has 7 rings (SSSR count). The van der Waals surface area contributed by atoms with Crippen LogP contribution in [-0.2, 0) is 10.2 Å². The van der Waals surface area contributed by atoms with Crippen LogP contribution >= 0.6 is 0 Å². The van der Waals surface area contributed by atoms with Gasteiger partial charge in [-0.15, -0.1) is 0 Å². The number of carbonyl (C=O) groups is 3. The SMILES string of the molecule is Cc1ccc2c(c1)N1[C@H](C(=O)c3ccccc3)[C@H](C(=O)c3ccc(F)cc3)[C@]3(C(=O)Nc4ccccc43)[C@@H]1C=C2. The number of carbonyl (C=O) groups excluding carboxylic acids is 3. The zero-order chi connectivity index (χ0) is 27.6. The maximum absolute atomic E-state index is 14.6. The van der Waals surface area contributed by atoms with Crippen molar-refractivity contribution in [2.45, 2.75) is 24.4 Å². The first-order chi connectivity index (χ1) is 19.4. The van der Waals surface area contributed by atoms with Gasteiger partial charge in [-0.2, -0.15) is 0 Å². The van der Waals surface area contributed by atoms with Crippen molar-refractivity contribution in [3.05, 3.63) is 137 Å². The number of ketones is 2. The summed E-state index contributed by atoms with van der Waals surface area (Å²) in [6.07, 6.45) is 3.92. The van der Waals surface area contributed by atoms with Crippen LogP contribution in [-0.4, -0.2) is 29.6 Å². The molecular weight excluding hydrogens is 503 g/mol. The van der Waals surface area contributed by atoms with E-state index in [2.05, 4.69) is 5.32 Å². The summed E-state index contributed by atoms with van der Waals surface area (Å²) in [5.41, 5.74) is 3.32. The molecule has 196 valence electrons. The maximum Gasteiger partial charge on any atom is 0.238 e. The number of nitrogens with zero attached hydrogens (tertiary/aromatic N) is 1. The van der Waals surface area contributed by atoms with Crippen molar-refractivity contribution in [3.8, 4) is 0 Å². The Kier molecular flexibility index (Phi) is 5.36. The molecule has 1 fully saturated rings. The van der Waals surface area contributed by atoms with Gasteiger partial charge in [0.1, 0.15) is 17.3 Å². The molecule has 0 bridgehead atoms. The van der Waals surface area contributed by atoms with Gasteiger partial charge in [0.05, 0.1) is 12.0 Å². The van der Waals surface area contributed by atoms with Crippen molar-refractivity contribution in [1.82, 2.24) is 0 Å². The Morgan fingerprint density at radius 2 is 1.55 bits per heavy atom. The van der Waals surface area contributed by atoms with Gasteiger partial charge in [0.25, 0.3) is 0 Å². The summed E-state index contributed by atoms with van der Waals surface area (Å²) < 4.78 is 13.9. The lowest BCUT2D eigenvalue weighted by Gasteiger charge is -2.37. The Morgan fingerprint density at radius 1 is 0.850 bits per heavy atom. The van der Waals surface area contributed by atoms with Crippen LogP contribution in [0.15, 0.2) is 103 Å². The van der Waals surface area contributed by atoms with E-state index in [-0.39, 0.29) is 23.0 Å². The second-order valence-electron chi connectivity index (χ2n) is 10.7. The van der Waals surface area contributed by atoms with Crippen LogP contribution in [0.25, 0.3) is 6.08 Å². The van der Waals surface area contributed by atoms with Crippen molar-refractivity contribution in [2.75, 3.05) is 10.2 Å². The molecule has 0 aliphatic carbocycles. The van der Waals surface area contributed by atoms with E-state index in [0.717, 1.165) is 16.8 Å². The number of aryl methyl sites for hydroxylation is 1. The van der Waals surface area contributed by atoms with E-state index >= 15 is 0 Å². The lowest BCUT2D eigenvalue weighted by atomic mass is 9.64. The van der Waals surface area contributed by atoms with Gasteiger partial charge < -0.3 is 10.2 Å². The minimum absolute atomic E-state index is 0.247. The quantitative estimate of drug-likeness (QED) is 0.331. The number of nitrogens with one attached hydrogen (secondary N) is 1. The van der Waals surface area contributed by atoms with Crippen molar-refractivity contribution in [3.63, 3.8) is 0 Å². The van der Waals surface area contributed by atoms with Crippen molar-refractivity contribution in [1.29, 1.82) is 0 Å². The molecule has 3 aliphatic rings. The van der Waals surface area contributed by atoms with Crippen LogP contribution in [0.4, 0.5) is 15.8 Å². The Hall–Kier alpha value is -4.84. The summed E-state index contributed by atoms with van der Waals surface area (Å²) >= 11 is 0. The molecule has 0 radical (unpaired) electrons. The molecule has 0 unspecified atom stereocenters. The standard InChI is InChI=1S/C34H25FN2O3/c1-20-11-12-21-15-18-28-34(25-9-5-6-10-26(25)36-33(34)40)29(31(38)23-13-16-24(35)17-14-23)30(37(28)27(21)19-20)32(39)22-7-3-2-4-8-22/h2-19,28-30H,1H3,(H,36,40)/t28-,29+,30-,34+/m0/s1. The fraction of sp³-hybridized carbons (Fsp3) is 0.147. The highest BCUT2D eigenvalue weighted by Gasteiger charge is 2.70. The molecule has 40 heavy (non-hydrogen) atoms. The first-order valence-electron chi connectivity index (χ1n) is 13.3. The van der Waals surface area contributed by atoms with Crippen LogP contribution in [0.1, 0.15) is 37.4 Å². The molecular formula is C34H25FN2O3. The first-order valence-corrected chi connectivity index (χ1v) is 13.3. The number of para-hydroxylation sites is 1. The molecule has 4 aromatic rings. The maximum atomic E-state index is 14.6. The molecule has 6 heteroatoms. The van der Waals surface area contributed by atoms with E-state index < -0.39 is 29.2 Å². The van der Waals surface area contributed by atoms with Gasteiger partial charge in [-0.05, 0) is 60.0 Å². The third kappa shape index (κ3) is 3.29. The van der Waals surface area contributed by atoms with Gasteiger partial charge >= 0.3 is 0 Å². The van der Waals surface area contributed by atoms with Crippen LogP contribution in [0.3, 0.4) is 0 Å². The van der Waals surface area contributed by atoms with Crippen LogP contribution in [0.2, 0.25) is 0 Å². The van der Waals surface area contributed by atoms with E-state index in [1.807, 2.05) is 72.5 Å². The molecule has 4 aromatic carbocycles. The second kappa shape index (κ2) is 8.85. The number of Topliss-reactive ketones (excluding diaryl/α,β-unsaturated/α-hetero) is 2. The molecule has 1 spiro atoms. The summed E-state index contributed by atoms with van der Waals surface area (Å²) in [6, 6.07) is 26.0. The topological polar surface area (TPSA) is 66.5 Å². The third-order valence-electron chi connectivity index (χ3n) is 8.53. The fourth-order valence-electron chi connectivity index (χ4n) is 6.84. The van der Waals surface area contributed by atoms with Crippen LogP contribution in [0, 0.1) is 18.7 Å². The minimum Gasteiger partial charge on any atom is -0.352 e. The molecule has 1 amide bonds. The van der Waals surface area contributed by atoms with Gasteiger partial charge in [-0.25, -0.2) is 4.39 Å². The highest BCUT2D eigenvalue weighted by molar-refractivity contribution is 6.18. The van der Waals surface area contributed by atoms with Crippen LogP contribution in [0.5, 0.6) is 0 Å². The molecule has 5 nitrogen and oxygen atoms in total. The number of benzene rings is 4. The number of amides is 1. The monoisotopic (exact) mass is 528 g/mol. The van der Waals surface area contributed by atoms with E-state index in [1.165, 1.54) is 24.3 Å². The molecule has 3 heterocycles. The number of rotatable bonds is 4. The highest BCUT2D eigenvalue weighted by Crippen LogP contribution is 2.58. The summed E-state index contributed by atoms with van der Waals surface area (Å²) in [7, 11) is 0. The average molecular weight is 529 g/mol. The van der Waals surface area contributed by atoms with Gasteiger partial charge in [0.2, 0.25) is 5.91 Å². The fourth-order valence-corrected chi connectivity index (χ4v) is 6.84. The van der Waals surface area contributed by atoms with Gasteiger partial charge in [0, 0.05) is 22.5 Å². The van der Waals surface area contributed by atoms with E-state index in [9.17, 15) is 18.8 Å². The zero-order valence-corrected chi connectivity index (χ0v) is 21.7. The van der Waals surface area contributed by atoms with Crippen molar-refractivity contribution >= 4 is 34.9 Å². The summed E-state index contributed by atoms with van der Waals surface area (Å²) in [6.45, 7) is 1.98. The minimum atomic E-state index is -1.39. The molecule has 3 aliphatic heterocycles. The predicted molar refractivity (Wildman–Crippen MR) is 152 cm³/mol. The first kappa shape index (κ1) is 24.2. The third-order valence-corrected chi connectivity index (χ3v) is 8.53. The lowest BCUT2D eigenvalue weighted by Crippen LogP contribution is -2.51. The number of hydrogen-bond acceptors (Lipinski definition) is 4. The smallest absolute Gasteiger partial charge is 0.238 e. The summed E-state index contributed by atoms with van der Waals surface area (Å²) in [4.78, 5) is 45.5. The molecule has 0 saturated carbocycles. The van der Waals surface area contributed by atoms with Gasteiger partial charge in [-0.1, -0.05) is 72.8 Å². The largest absolute Gasteiger partial charge is 0.352 e. The van der Waals surface area contributed by atoms with Gasteiger partial charge in [-0.3, -0.25) is 14.4 Å². The average Bonchev–Trinajstić information content (AvgIpc) is 3.45. The lowest BCUT2D eigenvalue weighted by molar-refractivity contribution is -0.121. The Labute approximate surface area is 231 Å². The van der Waals surface area contributed by atoms with Gasteiger partial charge in [0.15, 0.2) is 11.6 Å². The number of hydrogen-bond donors (Lipinski definition) is 1. The number of halogens is 1. The molecule has 1 saturated heterocycles. The zero-order valence-electron chi connectivity index (χ0n) is 21.7. The van der Waals surface area contributed by atoms with Crippen molar-refractivity contribution < 1.29 is 18.8 Å². The van der Waals surface area contributed by atoms with Crippen molar-refractivity contribution in [2.24, 2.45) is 5.92 Å². The second-order valence-corrected chi connectivity index (χ2v) is 10.7. The Balaban J connectivity index is 1.55. The molecule has 0 aromatic heterocycles. The normalized spacial score (nSPS) is 23.9. The highest BCUT2D eigenvalue weighted by atomic mass is 19.1. The molecule has 1 N–H and O–H groups in total. The Morgan fingerprint density at radius 3 is 2.33 bits per heavy atom. The van der Waals surface area contributed by atoms with E-state index in [0.29, 0.717) is 16.8 Å². The summed E-state index contributed by atoms with van der Waals surface area (Å²) in [5, 5.41) is 3.02. The Bertz CT molecular complexity index is 1730. The number of anilines is 2. The van der Waals surface area contributed by atoms with E-state index in [4.69, 9.17) is 0 Å². The number of fused-ring (bicyclic) bond motifs is 6. The molecule has 4 atom stereocenters.